The zero-order valence-electron chi connectivity index (χ0n) is 13.2. The molecule has 0 saturated carbocycles. The van der Waals surface area contributed by atoms with Crippen molar-refractivity contribution in [2.75, 3.05) is 0 Å². The molecule has 11 heteroatoms. The number of hydrogen-bond donors (Lipinski definition) is 2. The third kappa shape index (κ3) is 3.37. The fraction of sp³-hybridized carbons (Fsp3) is 0.267. The van der Waals surface area contributed by atoms with Crippen molar-refractivity contribution in [3.8, 4) is 5.69 Å². The molecule has 0 bridgehead atoms. The van der Waals surface area contributed by atoms with Crippen LogP contribution in [-0.4, -0.2) is 27.6 Å². The van der Waals surface area contributed by atoms with Crippen LogP contribution in [0, 0.1) is 0 Å². The Balaban J connectivity index is 2.08. The molecule has 0 aliphatic carbocycles. The monoisotopic (exact) mass is 373 g/mol. The van der Waals surface area contributed by atoms with Crippen molar-refractivity contribution in [3.05, 3.63) is 47.3 Å². The first-order valence-electron chi connectivity index (χ1n) is 7.36. The summed E-state index contributed by atoms with van der Waals surface area (Å²) in [5.41, 5.74) is 0.384. The van der Waals surface area contributed by atoms with Crippen LogP contribution < -0.4 is 10.7 Å². The predicted octanol–water partition coefficient (Wildman–Crippen LogP) is 3.23. The van der Waals surface area contributed by atoms with E-state index in [1.165, 1.54) is 6.07 Å². The predicted molar refractivity (Wildman–Crippen MR) is 81.2 cm³/mol. The molecule has 1 aliphatic rings. The Morgan fingerprint density at radius 2 is 1.96 bits per heavy atom. The number of nitrogens with zero attached hydrogens (tertiary/aromatic N) is 3. The highest BCUT2D eigenvalue weighted by molar-refractivity contribution is 6.07. The molecule has 2 heterocycles. The van der Waals surface area contributed by atoms with Crippen molar-refractivity contribution in [3.63, 3.8) is 0 Å². The molecule has 1 aromatic heterocycles. The van der Waals surface area contributed by atoms with Gasteiger partial charge in [0, 0.05) is 11.8 Å². The summed E-state index contributed by atoms with van der Waals surface area (Å²) in [6, 6.07) is 3.09. The number of alkyl halides is 5. The Morgan fingerprint density at radius 1 is 1.23 bits per heavy atom. The van der Waals surface area contributed by atoms with Crippen LogP contribution in [0.4, 0.5) is 26.7 Å². The van der Waals surface area contributed by atoms with Crippen LogP contribution in [0.2, 0.25) is 0 Å². The molecule has 0 radical (unpaired) electrons. The summed E-state index contributed by atoms with van der Waals surface area (Å²) in [5.74, 6) is 0. The zero-order chi connectivity index (χ0) is 19.1. The summed E-state index contributed by atoms with van der Waals surface area (Å²) >= 11 is 0. The second-order valence-electron chi connectivity index (χ2n) is 5.52. The summed E-state index contributed by atoms with van der Waals surface area (Å²) < 4.78 is 66.5. The molecule has 1 aromatic carbocycles. The zero-order valence-corrected chi connectivity index (χ0v) is 13.2. The van der Waals surface area contributed by atoms with Crippen LogP contribution in [0.1, 0.15) is 30.2 Å². The maximum atomic E-state index is 13.5. The highest BCUT2D eigenvalue weighted by atomic mass is 19.4. The van der Waals surface area contributed by atoms with Gasteiger partial charge in [-0.3, -0.25) is 0 Å². The van der Waals surface area contributed by atoms with Gasteiger partial charge < -0.3 is 5.32 Å². The van der Waals surface area contributed by atoms with Crippen molar-refractivity contribution in [1.29, 1.82) is 0 Å². The van der Waals surface area contributed by atoms with Gasteiger partial charge in [0.15, 0.2) is 0 Å². The number of halogens is 5. The summed E-state index contributed by atoms with van der Waals surface area (Å²) in [4.78, 5) is 11.2. The van der Waals surface area contributed by atoms with E-state index in [4.69, 9.17) is 0 Å². The Labute approximate surface area is 143 Å². The average molecular weight is 373 g/mol. The minimum atomic E-state index is -4.75. The lowest BCUT2D eigenvalue weighted by molar-refractivity contribution is -0.137. The molecule has 3 rings (SSSR count). The second-order valence-corrected chi connectivity index (χ2v) is 5.52. The van der Waals surface area contributed by atoms with Gasteiger partial charge in [0.1, 0.15) is 5.69 Å². The van der Waals surface area contributed by atoms with E-state index in [1.54, 1.807) is 6.92 Å². The van der Waals surface area contributed by atoms with Crippen LogP contribution in [0.15, 0.2) is 35.6 Å². The first-order valence-corrected chi connectivity index (χ1v) is 7.36. The van der Waals surface area contributed by atoms with Crippen molar-refractivity contribution in [2.24, 2.45) is 5.10 Å². The average Bonchev–Trinajstić information content (AvgIpc) is 3.04. The van der Waals surface area contributed by atoms with Crippen LogP contribution >= 0.6 is 0 Å². The maximum absolute atomic E-state index is 13.5. The molecular weight excluding hydrogens is 361 g/mol. The second kappa shape index (κ2) is 6.39. The van der Waals surface area contributed by atoms with Gasteiger partial charge in [-0.25, -0.2) is 23.7 Å². The molecular formula is C15H12F5N5O. The molecule has 0 spiro atoms. The van der Waals surface area contributed by atoms with Gasteiger partial charge in [-0.15, -0.1) is 0 Å². The molecule has 0 unspecified atom stereocenters. The van der Waals surface area contributed by atoms with E-state index in [0.29, 0.717) is 0 Å². The molecule has 1 atom stereocenters. The molecule has 2 aromatic rings. The number of carbonyl (C=O) groups excluding carboxylic acids is 1. The van der Waals surface area contributed by atoms with E-state index >= 15 is 0 Å². The van der Waals surface area contributed by atoms with Gasteiger partial charge in [0.25, 0.3) is 6.43 Å². The lowest BCUT2D eigenvalue weighted by atomic mass is 10.00. The minimum Gasteiger partial charge on any atom is -0.328 e. The molecule has 138 valence electrons. The Morgan fingerprint density at radius 3 is 2.54 bits per heavy atom. The number of urea groups is 1. The number of amides is 2. The van der Waals surface area contributed by atoms with E-state index in [2.05, 4.69) is 20.9 Å². The molecule has 26 heavy (non-hydrogen) atoms. The van der Waals surface area contributed by atoms with Gasteiger partial charge in [-0.1, -0.05) is 6.07 Å². The molecule has 2 amide bonds. The van der Waals surface area contributed by atoms with Crippen molar-refractivity contribution < 1.29 is 26.7 Å². The smallest absolute Gasteiger partial charge is 0.328 e. The van der Waals surface area contributed by atoms with Gasteiger partial charge in [0.05, 0.1) is 23.0 Å². The minimum absolute atomic E-state index is 0.127. The highest BCUT2D eigenvalue weighted by Crippen LogP contribution is 2.35. The third-order valence-corrected chi connectivity index (χ3v) is 3.71. The number of aromatic nitrogens is 2. The lowest BCUT2D eigenvalue weighted by Crippen LogP contribution is -2.48. The van der Waals surface area contributed by atoms with E-state index in [0.717, 1.165) is 29.1 Å². The molecule has 2 N–H and O–H groups in total. The van der Waals surface area contributed by atoms with Gasteiger partial charge in [-0.2, -0.15) is 23.4 Å². The number of benzene rings is 1. The Bertz CT molecular complexity index is 874. The number of carbonyl (C=O) groups is 1. The van der Waals surface area contributed by atoms with E-state index < -0.39 is 41.6 Å². The largest absolute Gasteiger partial charge is 0.418 e. The Kier molecular flexibility index (Phi) is 4.38. The summed E-state index contributed by atoms with van der Waals surface area (Å²) in [6.45, 7) is 1.57. The van der Waals surface area contributed by atoms with Crippen LogP contribution in [0.5, 0.6) is 0 Å². The fourth-order valence-electron chi connectivity index (χ4n) is 2.53. The molecule has 6 nitrogen and oxygen atoms in total. The van der Waals surface area contributed by atoms with Crippen LogP contribution in [-0.2, 0) is 6.18 Å². The van der Waals surface area contributed by atoms with E-state index in [-0.39, 0.29) is 11.3 Å². The topological polar surface area (TPSA) is 71.3 Å². The maximum Gasteiger partial charge on any atom is 0.418 e. The normalized spacial score (nSPS) is 17.7. The first kappa shape index (κ1) is 17.8. The summed E-state index contributed by atoms with van der Waals surface area (Å²) in [6.07, 6.45) is -6.61. The molecule has 0 fully saturated rings. The SMILES string of the molecule is C[C@@H]1NC(=O)NN=C1c1ccc(-n2ccc(C(F)F)n2)c(C(F)(F)F)c1. The van der Waals surface area contributed by atoms with Gasteiger partial charge in [0.2, 0.25) is 0 Å². The van der Waals surface area contributed by atoms with Gasteiger partial charge >= 0.3 is 12.2 Å². The van der Waals surface area contributed by atoms with Crippen molar-refractivity contribution in [2.45, 2.75) is 25.6 Å². The fourth-order valence-corrected chi connectivity index (χ4v) is 2.53. The number of nitrogens with one attached hydrogen (secondary N) is 2. The van der Waals surface area contributed by atoms with Gasteiger partial charge in [-0.05, 0) is 25.1 Å². The standard InChI is InChI=1S/C15H12F5N5O/c1-7-12(22-23-14(26)21-7)8-2-3-11(9(6-8)15(18,19)20)25-5-4-10(24-25)13(16)17/h2-7,13H,1H3,(H2,21,23,26)/t7-/m0/s1. The van der Waals surface area contributed by atoms with E-state index in [9.17, 15) is 26.7 Å². The van der Waals surface area contributed by atoms with E-state index in [1.807, 2.05) is 0 Å². The number of hydrogen-bond acceptors (Lipinski definition) is 3. The van der Waals surface area contributed by atoms with Crippen molar-refractivity contribution >= 4 is 11.7 Å². The number of rotatable bonds is 3. The molecule has 0 saturated heterocycles. The third-order valence-electron chi connectivity index (χ3n) is 3.71. The quantitative estimate of drug-likeness (QED) is 0.811. The first-order chi connectivity index (χ1) is 12.2. The lowest BCUT2D eigenvalue weighted by Gasteiger charge is -2.22. The van der Waals surface area contributed by atoms with Crippen LogP contribution in [0.3, 0.4) is 0 Å². The number of hydrazone groups is 1. The van der Waals surface area contributed by atoms with Crippen molar-refractivity contribution in [1.82, 2.24) is 20.5 Å². The Hall–Kier alpha value is -2.98. The summed E-state index contributed by atoms with van der Waals surface area (Å²) in [5, 5.41) is 9.75. The summed E-state index contributed by atoms with van der Waals surface area (Å²) in [7, 11) is 0. The highest BCUT2D eigenvalue weighted by Gasteiger charge is 2.35. The molecule has 1 aliphatic heterocycles. The van der Waals surface area contributed by atoms with Crippen LogP contribution in [0.25, 0.3) is 5.69 Å².